The molecule has 19 heavy (non-hydrogen) atoms. The molecule has 0 radical (unpaired) electrons. The fourth-order valence-corrected chi connectivity index (χ4v) is 2.85. The highest BCUT2D eigenvalue weighted by atomic mass is 35.5. The number of hydrogen-bond acceptors (Lipinski definition) is 5. The molecular weight excluding hydrogens is 288 g/mol. The van der Waals surface area contributed by atoms with E-state index in [1.54, 1.807) is 12.1 Å². The van der Waals surface area contributed by atoms with Crippen LogP contribution in [0.5, 0.6) is 0 Å². The lowest BCUT2D eigenvalue weighted by molar-refractivity contribution is -0.402. The summed E-state index contributed by atoms with van der Waals surface area (Å²) in [6, 6.07) is 6.49. The maximum absolute atomic E-state index is 10.7. The molecule has 2 heterocycles. The van der Waals surface area contributed by atoms with Gasteiger partial charge in [0.25, 0.3) is 0 Å². The van der Waals surface area contributed by atoms with Gasteiger partial charge in [-0.1, -0.05) is 18.5 Å². The van der Waals surface area contributed by atoms with Crippen molar-refractivity contribution in [1.29, 1.82) is 0 Å². The van der Waals surface area contributed by atoms with Crippen LogP contribution in [-0.4, -0.2) is 11.5 Å². The first-order valence-corrected chi connectivity index (χ1v) is 7.04. The summed E-state index contributed by atoms with van der Waals surface area (Å²) in [5, 5.41) is 14.0. The number of nitrogens with zero attached hydrogens (tertiary/aromatic N) is 1. The van der Waals surface area contributed by atoms with Gasteiger partial charge in [-0.15, -0.1) is 11.3 Å². The summed E-state index contributed by atoms with van der Waals surface area (Å²) in [5.41, 5.74) is 0. The highest BCUT2D eigenvalue weighted by Gasteiger charge is 2.22. The van der Waals surface area contributed by atoms with Crippen LogP contribution in [0, 0.1) is 10.1 Å². The number of furan rings is 1. The molecule has 5 nitrogen and oxygen atoms in total. The molecule has 2 rings (SSSR count). The molecular formula is C12H13ClN2O3S. The first kappa shape index (κ1) is 14.0. The quantitative estimate of drug-likeness (QED) is 0.647. The molecule has 0 amide bonds. The molecule has 0 aromatic carbocycles. The third kappa shape index (κ3) is 3.34. The van der Waals surface area contributed by atoms with Gasteiger partial charge in [-0.25, -0.2) is 0 Å². The van der Waals surface area contributed by atoms with Gasteiger partial charge in [0.2, 0.25) is 0 Å². The molecule has 102 valence electrons. The van der Waals surface area contributed by atoms with E-state index in [4.69, 9.17) is 16.0 Å². The lowest BCUT2D eigenvalue weighted by atomic mass is 10.2. The number of nitro groups is 1. The topological polar surface area (TPSA) is 68.3 Å². The first-order valence-electron chi connectivity index (χ1n) is 5.84. The van der Waals surface area contributed by atoms with Gasteiger partial charge in [-0.05, 0) is 31.2 Å². The second kappa shape index (κ2) is 6.18. The van der Waals surface area contributed by atoms with Crippen LogP contribution in [0.15, 0.2) is 28.7 Å². The molecule has 1 atom stereocenters. The van der Waals surface area contributed by atoms with Crippen molar-refractivity contribution >= 4 is 28.8 Å². The van der Waals surface area contributed by atoms with Crippen molar-refractivity contribution < 1.29 is 9.34 Å². The predicted octanol–water partition coefficient (Wildman–Crippen LogP) is 3.99. The minimum Gasteiger partial charge on any atom is -0.404 e. The van der Waals surface area contributed by atoms with E-state index in [-0.39, 0.29) is 11.9 Å². The monoisotopic (exact) mass is 300 g/mol. The van der Waals surface area contributed by atoms with E-state index in [9.17, 15) is 10.1 Å². The molecule has 2 aromatic rings. The third-order valence-corrected chi connectivity index (χ3v) is 3.85. The summed E-state index contributed by atoms with van der Waals surface area (Å²) in [6.45, 7) is 2.84. The van der Waals surface area contributed by atoms with Crippen molar-refractivity contribution in [2.24, 2.45) is 0 Å². The number of thiophene rings is 1. The van der Waals surface area contributed by atoms with Gasteiger partial charge in [-0.3, -0.25) is 10.1 Å². The highest BCUT2D eigenvalue weighted by Crippen LogP contribution is 2.33. The summed E-state index contributed by atoms with van der Waals surface area (Å²) < 4.78 is 5.95. The zero-order valence-corrected chi connectivity index (χ0v) is 11.8. The average Bonchev–Trinajstić information content (AvgIpc) is 2.99. The average molecular weight is 301 g/mol. The van der Waals surface area contributed by atoms with Crippen molar-refractivity contribution in [3.05, 3.63) is 49.4 Å². The van der Waals surface area contributed by atoms with Crippen LogP contribution in [0.4, 0.5) is 5.88 Å². The Hall–Kier alpha value is -1.37. The fourth-order valence-electron chi connectivity index (χ4n) is 1.71. The van der Waals surface area contributed by atoms with Gasteiger partial charge in [0, 0.05) is 4.88 Å². The maximum atomic E-state index is 10.7. The molecule has 0 spiro atoms. The lowest BCUT2D eigenvalue weighted by Crippen LogP contribution is -2.21. The Morgan fingerprint density at radius 2 is 2.26 bits per heavy atom. The SMILES string of the molecule is CCCNC(c1ccc([N+](=O)[O-])o1)c1ccc(Cl)s1. The fraction of sp³-hybridized carbons (Fsp3) is 0.333. The van der Waals surface area contributed by atoms with Crippen LogP contribution in [-0.2, 0) is 0 Å². The minimum atomic E-state index is -0.540. The Balaban J connectivity index is 2.28. The smallest absolute Gasteiger partial charge is 0.404 e. The molecule has 0 saturated heterocycles. The van der Waals surface area contributed by atoms with Crippen LogP contribution >= 0.6 is 22.9 Å². The van der Waals surface area contributed by atoms with E-state index in [0.29, 0.717) is 10.1 Å². The van der Waals surface area contributed by atoms with Crippen molar-refractivity contribution in [1.82, 2.24) is 5.32 Å². The van der Waals surface area contributed by atoms with Gasteiger partial charge >= 0.3 is 5.88 Å². The molecule has 0 fully saturated rings. The molecule has 0 aliphatic rings. The van der Waals surface area contributed by atoms with Gasteiger partial charge in [0.15, 0.2) is 0 Å². The van der Waals surface area contributed by atoms with Crippen LogP contribution < -0.4 is 5.32 Å². The van der Waals surface area contributed by atoms with E-state index < -0.39 is 4.92 Å². The Kier molecular flexibility index (Phi) is 4.57. The molecule has 2 aromatic heterocycles. The van der Waals surface area contributed by atoms with Crippen molar-refractivity contribution in [3.8, 4) is 0 Å². The zero-order valence-electron chi connectivity index (χ0n) is 10.3. The summed E-state index contributed by atoms with van der Waals surface area (Å²) in [4.78, 5) is 11.1. The lowest BCUT2D eigenvalue weighted by Gasteiger charge is -2.14. The van der Waals surface area contributed by atoms with E-state index in [1.165, 1.54) is 17.4 Å². The molecule has 0 bridgehead atoms. The molecule has 0 saturated carbocycles. The second-order valence-corrected chi connectivity index (χ2v) is 5.71. The number of rotatable bonds is 6. The Morgan fingerprint density at radius 1 is 1.47 bits per heavy atom. The summed E-state index contributed by atoms with van der Waals surface area (Å²) in [5.74, 6) is 0.277. The van der Waals surface area contributed by atoms with E-state index in [0.717, 1.165) is 17.8 Å². The van der Waals surface area contributed by atoms with Gasteiger partial charge in [0.1, 0.15) is 16.7 Å². The molecule has 1 unspecified atom stereocenters. The second-order valence-electron chi connectivity index (χ2n) is 3.96. The van der Waals surface area contributed by atoms with Gasteiger partial charge in [-0.2, -0.15) is 0 Å². The Morgan fingerprint density at radius 3 is 2.79 bits per heavy atom. The normalized spacial score (nSPS) is 12.5. The highest BCUT2D eigenvalue weighted by molar-refractivity contribution is 7.16. The maximum Gasteiger partial charge on any atom is 0.433 e. The molecule has 7 heteroatoms. The van der Waals surface area contributed by atoms with Crippen LogP contribution in [0.3, 0.4) is 0 Å². The van der Waals surface area contributed by atoms with Crippen LogP contribution in [0.1, 0.15) is 30.0 Å². The molecule has 0 aliphatic heterocycles. The summed E-state index contributed by atoms with van der Waals surface area (Å²) >= 11 is 7.37. The largest absolute Gasteiger partial charge is 0.433 e. The van der Waals surface area contributed by atoms with E-state index >= 15 is 0 Å². The van der Waals surface area contributed by atoms with E-state index in [2.05, 4.69) is 12.2 Å². The molecule has 1 N–H and O–H groups in total. The first-order chi connectivity index (χ1) is 9.11. The van der Waals surface area contributed by atoms with Crippen molar-refractivity contribution in [2.45, 2.75) is 19.4 Å². The molecule has 0 aliphatic carbocycles. The van der Waals surface area contributed by atoms with E-state index in [1.807, 2.05) is 6.07 Å². The van der Waals surface area contributed by atoms with Crippen LogP contribution in [0.2, 0.25) is 4.34 Å². The summed E-state index contributed by atoms with van der Waals surface area (Å²) in [7, 11) is 0. The van der Waals surface area contributed by atoms with Crippen LogP contribution in [0.25, 0.3) is 0 Å². The zero-order chi connectivity index (χ0) is 13.8. The number of halogens is 1. The number of nitrogens with one attached hydrogen (secondary N) is 1. The summed E-state index contributed by atoms with van der Waals surface area (Å²) in [6.07, 6.45) is 0.957. The Labute approximate surface area is 119 Å². The van der Waals surface area contributed by atoms with Gasteiger partial charge in [0.05, 0.1) is 10.4 Å². The number of hydrogen-bond donors (Lipinski definition) is 1. The standard InChI is InChI=1S/C12H13ClN2O3S/c1-2-7-14-12(9-4-5-10(13)19-9)8-3-6-11(18-8)15(16)17/h3-6,12,14H,2,7H2,1H3. The van der Waals surface area contributed by atoms with Crippen molar-refractivity contribution in [3.63, 3.8) is 0 Å². The minimum absolute atomic E-state index is 0.203. The van der Waals surface area contributed by atoms with Gasteiger partial charge < -0.3 is 9.73 Å². The third-order valence-electron chi connectivity index (χ3n) is 2.55. The Bertz CT molecular complexity index is 567. The predicted molar refractivity (Wildman–Crippen MR) is 74.8 cm³/mol. The van der Waals surface area contributed by atoms with Crippen molar-refractivity contribution in [2.75, 3.05) is 6.54 Å².